The minimum absolute atomic E-state index is 0.0861. The second kappa shape index (κ2) is 8.88. The summed E-state index contributed by atoms with van der Waals surface area (Å²) >= 11 is 0. The molecule has 2 rings (SSSR count). The van der Waals surface area contributed by atoms with E-state index in [0.29, 0.717) is 0 Å². The van der Waals surface area contributed by atoms with Crippen LogP contribution < -0.4 is 10.1 Å². The Morgan fingerprint density at radius 2 is 1.84 bits per heavy atom. The van der Waals surface area contributed by atoms with Gasteiger partial charge in [0, 0.05) is 12.7 Å². The summed E-state index contributed by atoms with van der Waals surface area (Å²) in [4.78, 5) is 29.5. The second-order valence-electron chi connectivity index (χ2n) is 9.01. The van der Waals surface area contributed by atoms with Crippen molar-refractivity contribution in [2.45, 2.75) is 58.6 Å². The van der Waals surface area contributed by atoms with Crippen LogP contribution in [0.3, 0.4) is 0 Å². The SMILES string of the molecule is CC(C)(C)OC(=O)N1CC(F)C(NC(=O)C(C)(C)COc2ncccc2C(F)(F)F)C1. The second-order valence-corrected chi connectivity index (χ2v) is 9.01. The molecule has 1 fully saturated rings. The smallest absolute Gasteiger partial charge is 0.421 e. The molecule has 1 saturated heterocycles. The lowest BCUT2D eigenvalue weighted by Crippen LogP contribution is -2.49. The van der Waals surface area contributed by atoms with Gasteiger partial charge in [-0.1, -0.05) is 0 Å². The van der Waals surface area contributed by atoms with Gasteiger partial charge in [-0.15, -0.1) is 0 Å². The normalized spacial score (nSPS) is 19.8. The number of pyridine rings is 1. The summed E-state index contributed by atoms with van der Waals surface area (Å²) < 4.78 is 64.0. The first-order valence-corrected chi connectivity index (χ1v) is 9.68. The van der Waals surface area contributed by atoms with Gasteiger partial charge in [0.1, 0.15) is 23.9 Å². The molecule has 0 aliphatic carbocycles. The Bertz CT molecular complexity index is 808. The van der Waals surface area contributed by atoms with E-state index in [1.54, 1.807) is 20.8 Å². The number of alkyl halides is 4. The molecular formula is C20H27F4N3O4. The van der Waals surface area contributed by atoms with Crippen molar-refractivity contribution < 1.29 is 36.6 Å². The first-order chi connectivity index (χ1) is 14.1. The van der Waals surface area contributed by atoms with Crippen molar-refractivity contribution >= 4 is 12.0 Å². The molecule has 2 atom stereocenters. The van der Waals surface area contributed by atoms with E-state index in [-0.39, 0.29) is 13.1 Å². The zero-order chi connectivity index (χ0) is 23.6. The highest BCUT2D eigenvalue weighted by Gasteiger charge is 2.41. The maximum absolute atomic E-state index is 14.4. The standard InChI is InChI=1S/C20H27F4N3O4/c1-18(2,3)31-17(29)27-9-13(21)14(10-27)26-16(28)19(4,5)11-30-15-12(20(22,23)24)7-6-8-25-15/h6-8,13-14H,9-11H2,1-5H3,(H,26,28). The Kier molecular flexibility index (Phi) is 7.07. The number of nitrogens with zero attached hydrogens (tertiary/aromatic N) is 2. The third-order valence-corrected chi connectivity index (χ3v) is 4.48. The summed E-state index contributed by atoms with van der Waals surface area (Å²) in [6.45, 7) is 7.21. The van der Waals surface area contributed by atoms with E-state index in [2.05, 4.69) is 10.3 Å². The lowest BCUT2D eigenvalue weighted by Gasteiger charge is -2.27. The topological polar surface area (TPSA) is 80.8 Å². The zero-order valence-electron chi connectivity index (χ0n) is 18.0. The van der Waals surface area contributed by atoms with Gasteiger partial charge >= 0.3 is 12.3 Å². The average Bonchev–Trinajstić information content (AvgIpc) is 2.99. The van der Waals surface area contributed by atoms with Crippen LogP contribution in [0.1, 0.15) is 40.2 Å². The number of ether oxygens (including phenoxy) is 2. The quantitative estimate of drug-likeness (QED) is 0.695. The van der Waals surface area contributed by atoms with E-state index in [1.165, 1.54) is 13.8 Å². The van der Waals surface area contributed by atoms with Crippen LogP contribution in [0.25, 0.3) is 0 Å². The lowest BCUT2D eigenvalue weighted by molar-refractivity contribution is -0.139. The average molecular weight is 449 g/mol. The van der Waals surface area contributed by atoms with Gasteiger partial charge < -0.3 is 19.7 Å². The molecule has 0 bridgehead atoms. The van der Waals surface area contributed by atoms with Gasteiger partial charge in [-0.25, -0.2) is 14.2 Å². The van der Waals surface area contributed by atoms with Crippen molar-refractivity contribution in [3.8, 4) is 5.88 Å². The number of halogens is 4. The number of nitrogens with one attached hydrogen (secondary N) is 1. The number of likely N-dealkylation sites (tertiary alicyclic amines) is 1. The van der Waals surface area contributed by atoms with E-state index >= 15 is 0 Å². The number of aromatic nitrogens is 1. The van der Waals surface area contributed by atoms with Gasteiger partial charge in [-0.2, -0.15) is 13.2 Å². The summed E-state index contributed by atoms with van der Waals surface area (Å²) in [6.07, 6.45) is -5.72. The van der Waals surface area contributed by atoms with Gasteiger partial charge in [-0.3, -0.25) is 4.79 Å². The molecule has 11 heteroatoms. The number of hydrogen-bond acceptors (Lipinski definition) is 5. The highest BCUT2D eigenvalue weighted by Crippen LogP contribution is 2.35. The molecule has 2 unspecified atom stereocenters. The van der Waals surface area contributed by atoms with Crippen molar-refractivity contribution in [1.29, 1.82) is 0 Å². The van der Waals surface area contributed by atoms with E-state index < -0.39 is 59.5 Å². The van der Waals surface area contributed by atoms with Crippen molar-refractivity contribution in [2.24, 2.45) is 5.41 Å². The molecule has 1 N–H and O–H groups in total. The van der Waals surface area contributed by atoms with Gasteiger partial charge in [-0.05, 0) is 46.8 Å². The number of rotatable bonds is 5. The van der Waals surface area contributed by atoms with Gasteiger partial charge in [0.2, 0.25) is 11.8 Å². The van der Waals surface area contributed by atoms with Crippen LogP contribution in [-0.4, -0.2) is 59.4 Å². The zero-order valence-corrected chi connectivity index (χ0v) is 18.0. The molecule has 174 valence electrons. The third kappa shape index (κ3) is 6.70. The maximum Gasteiger partial charge on any atom is 0.421 e. The van der Waals surface area contributed by atoms with Gasteiger partial charge in [0.15, 0.2) is 0 Å². The maximum atomic E-state index is 14.4. The van der Waals surface area contributed by atoms with Crippen molar-refractivity contribution in [1.82, 2.24) is 15.2 Å². The molecule has 0 aromatic carbocycles. The fourth-order valence-electron chi connectivity index (χ4n) is 2.78. The number of carbonyl (C=O) groups excluding carboxylic acids is 2. The highest BCUT2D eigenvalue weighted by atomic mass is 19.4. The van der Waals surface area contributed by atoms with Crippen molar-refractivity contribution in [2.75, 3.05) is 19.7 Å². The fraction of sp³-hybridized carbons (Fsp3) is 0.650. The fourth-order valence-corrected chi connectivity index (χ4v) is 2.78. The largest absolute Gasteiger partial charge is 0.476 e. The van der Waals surface area contributed by atoms with Crippen LogP contribution in [-0.2, 0) is 15.7 Å². The highest BCUT2D eigenvalue weighted by molar-refractivity contribution is 5.82. The number of amides is 2. The first-order valence-electron chi connectivity index (χ1n) is 9.68. The van der Waals surface area contributed by atoms with E-state index in [1.807, 2.05) is 0 Å². The van der Waals surface area contributed by atoms with Crippen LogP contribution in [0.5, 0.6) is 5.88 Å². The molecule has 0 radical (unpaired) electrons. The first kappa shape index (κ1) is 24.7. The molecule has 2 amide bonds. The minimum atomic E-state index is -4.66. The van der Waals surface area contributed by atoms with Crippen LogP contribution in [0.15, 0.2) is 18.3 Å². The molecule has 7 nitrogen and oxygen atoms in total. The summed E-state index contributed by atoms with van der Waals surface area (Å²) in [5, 5.41) is 2.51. The molecule has 31 heavy (non-hydrogen) atoms. The van der Waals surface area contributed by atoms with Gasteiger partial charge in [0.05, 0.1) is 18.0 Å². The van der Waals surface area contributed by atoms with Crippen molar-refractivity contribution in [3.05, 3.63) is 23.9 Å². The van der Waals surface area contributed by atoms with Crippen LogP contribution >= 0.6 is 0 Å². The van der Waals surface area contributed by atoms with Crippen molar-refractivity contribution in [3.63, 3.8) is 0 Å². The van der Waals surface area contributed by atoms with E-state index in [4.69, 9.17) is 9.47 Å². The van der Waals surface area contributed by atoms with E-state index in [0.717, 1.165) is 23.2 Å². The van der Waals surface area contributed by atoms with Crippen LogP contribution in [0.4, 0.5) is 22.4 Å². The Morgan fingerprint density at radius 3 is 2.42 bits per heavy atom. The Morgan fingerprint density at radius 1 is 1.19 bits per heavy atom. The Balaban J connectivity index is 1.98. The molecule has 0 saturated carbocycles. The Labute approximate surface area is 178 Å². The summed E-state index contributed by atoms with van der Waals surface area (Å²) in [7, 11) is 0. The summed E-state index contributed by atoms with van der Waals surface area (Å²) in [5.41, 5.74) is -3.09. The molecular weight excluding hydrogens is 422 g/mol. The monoisotopic (exact) mass is 449 g/mol. The predicted molar refractivity (Wildman–Crippen MR) is 103 cm³/mol. The van der Waals surface area contributed by atoms with E-state index in [9.17, 15) is 27.2 Å². The minimum Gasteiger partial charge on any atom is -0.476 e. The molecule has 0 spiro atoms. The number of hydrogen-bond donors (Lipinski definition) is 1. The van der Waals surface area contributed by atoms with Gasteiger partial charge in [0.25, 0.3) is 0 Å². The summed E-state index contributed by atoms with van der Waals surface area (Å²) in [5.74, 6) is -1.27. The number of carbonyl (C=O) groups is 2. The molecule has 1 aromatic heterocycles. The molecule has 2 heterocycles. The lowest BCUT2D eigenvalue weighted by atomic mass is 9.93. The molecule has 1 aliphatic heterocycles. The third-order valence-electron chi connectivity index (χ3n) is 4.48. The predicted octanol–water partition coefficient (Wildman–Crippen LogP) is 3.58. The van der Waals surface area contributed by atoms with Crippen LogP contribution in [0.2, 0.25) is 0 Å². The Hall–Kier alpha value is -2.59. The molecule has 1 aliphatic rings. The van der Waals surface area contributed by atoms with Crippen LogP contribution in [0, 0.1) is 5.41 Å². The summed E-state index contributed by atoms with van der Waals surface area (Å²) in [6, 6.07) is 0.984. The molecule has 1 aromatic rings.